The number of hydrogen-bond donors (Lipinski definition) is 0. The van der Waals surface area contributed by atoms with E-state index in [4.69, 9.17) is 9.47 Å². The molecule has 146 valence electrons. The molecule has 28 heavy (non-hydrogen) atoms. The van der Waals surface area contributed by atoms with E-state index in [2.05, 4.69) is 37.0 Å². The molecule has 2 aromatic carbocycles. The molecule has 0 aliphatic rings. The van der Waals surface area contributed by atoms with Gasteiger partial charge in [-0.05, 0) is 36.1 Å². The van der Waals surface area contributed by atoms with Crippen LogP contribution in [0.15, 0.2) is 48.7 Å². The summed E-state index contributed by atoms with van der Waals surface area (Å²) in [6.45, 7) is 4.25. The number of aromatic nitrogens is 1. The molecule has 3 rings (SSSR count). The van der Waals surface area contributed by atoms with Crippen molar-refractivity contribution in [3.8, 4) is 22.8 Å². The molecule has 0 bridgehead atoms. The summed E-state index contributed by atoms with van der Waals surface area (Å²) in [5, 5.41) is 0. The predicted molar refractivity (Wildman–Crippen MR) is 106 cm³/mol. The van der Waals surface area contributed by atoms with Crippen molar-refractivity contribution >= 4 is 0 Å². The smallest absolute Gasteiger partial charge is 0.165 e. The van der Waals surface area contributed by atoms with E-state index in [-0.39, 0.29) is 12.4 Å². The van der Waals surface area contributed by atoms with Crippen LogP contribution >= 0.6 is 0 Å². The molecular formula is C23H23F2NO2. The number of rotatable bonds is 7. The van der Waals surface area contributed by atoms with Gasteiger partial charge in [0.2, 0.25) is 0 Å². The molecule has 0 N–H and O–H groups in total. The second-order valence-corrected chi connectivity index (χ2v) is 6.40. The van der Waals surface area contributed by atoms with Crippen LogP contribution in [0.3, 0.4) is 0 Å². The molecule has 3 nitrogen and oxygen atoms in total. The summed E-state index contributed by atoms with van der Waals surface area (Å²) in [6.07, 6.45) is 3.46. The average Bonchev–Trinajstić information content (AvgIpc) is 2.73. The van der Waals surface area contributed by atoms with E-state index >= 15 is 0 Å². The van der Waals surface area contributed by atoms with Gasteiger partial charge in [0.15, 0.2) is 11.6 Å². The standard InChI is InChI=1S/C23H23F2NO2/c1-4-15-7-6-8-16(5-2)23(15)20-12-21(27-3)17(13-26-20)14-28-22-11-18(24)9-10-19(22)25/h6-13H,4-5,14H2,1-3H3. The van der Waals surface area contributed by atoms with E-state index in [9.17, 15) is 8.78 Å². The summed E-state index contributed by atoms with van der Waals surface area (Å²) >= 11 is 0. The van der Waals surface area contributed by atoms with Crippen LogP contribution in [0.4, 0.5) is 8.78 Å². The molecule has 0 saturated heterocycles. The average molecular weight is 383 g/mol. The summed E-state index contributed by atoms with van der Waals surface area (Å²) in [5.41, 5.74) is 5.04. The van der Waals surface area contributed by atoms with Gasteiger partial charge in [0, 0.05) is 29.5 Å². The van der Waals surface area contributed by atoms with Gasteiger partial charge in [0.1, 0.15) is 18.2 Å². The minimum Gasteiger partial charge on any atom is -0.496 e. The third kappa shape index (κ3) is 4.14. The Hall–Kier alpha value is -2.95. The van der Waals surface area contributed by atoms with Crippen molar-refractivity contribution in [3.05, 3.63) is 77.0 Å². The fraction of sp³-hybridized carbons (Fsp3) is 0.261. The molecule has 1 heterocycles. The Balaban J connectivity index is 1.92. The highest BCUT2D eigenvalue weighted by Gasteiger charge is 2.14. The van der Waals surface area contributed by atoms with E-state index in [1.54, 1.807) is 13.3 Å². The van der Waals surface area contributed by atoms with Gasteiger partial charge in [-0.25, -0.2) is 8.78 Å². The maximum absolute atomic E-state index is 13.8. The lowest BCUT2D eigenvalue weighted by atomic mass is 9.94. The third-order valence-electron chi connectivity index (χ3n) is 4.70. The van der Waals surface area contributed by atoms with Gasteiger partial charge >= 0.3 is 0 Å². The molecule has 0 saturated carbocycles. The van der Waals surface area contributed by atoms with Crippen molar-refractivity contribution in [1.82, 2.24) is 4.98 Å². The van der Waals surface area contributed by atoms with Gasteiger partial charge in [-0.15, -0.1) is 0 Å². The molecule has 3 aromatic rings. The number of pyridine rings is 1. The Bertz CT molecular complexity index is 951. The predicted octanol–water partition coefficient (Wildman–Crippen LogP) is 5.74. The molecular weight excluding hydrogens is 360 g/mol. The number of benzene rings is 2. The number of aryl methyl sites for hydroxylation is 2. The summed E-state index contributed by atoms with van der Waals surface area (Å²) in [7, 11) is 1.57. The molecule has 0 amide bonds. The lowest BCUT2D eigenvalue weighted by molar-refractivity contribution is 0.280. The van der Waals surface area contributed by atoms with Crippen LogP contribution in [-0.2, 0) is 19.4 Å². The Kier molecular flexibility index (Phi) is 6.24. The van der Waals surface area contributed by atoms with Gasteiger partial charge in [0.25, 0.3) is 0 Å². The van der Waals surface area contributed by atoms with Gasteiger partial charge in [-0.3, -0.25) is 4.98 Å². The minimum atomic E-state index is -0.616. The molecule has 0 atom stereocenters. The van der Waals surface area contributed by atoms with Crippen molar-refractivity contribution in [2.24, 2.45) is 0 Å². The van der Waals surface area contributed by atoms with Crippen molar-refractivity contribution in [3.63, 3.8) is 0 Å². The van der Waals surface area contributed by atoms with Crippen LogP contribution in [0.1, 0.15) is 30.5 Å². The zero-order chi connectivity index (χ0) is 20.1. The highest BCUT2D eigenvalue weighted by molar-refractivity contribution is 5.69. The first-order valence-corrected chi connectivity index (χ1v) is 9.29. The fourth-order valence-corrected chi connectivity index (χ4v) is 3.22. The zero-order valence-electron chi connectivity index (χ0n) is 16.3. The van der Waals surface area contributed by atoms with E-state index in [0.717, 1.165) is 42.3 Å². The second kappa shape index (κ2) is 8.83. The summed E-state index contributed by atoms with van der Waals surface area (Å²) in [4.78, 5) is 4.60. The fourth-order valence-electron chi connectivity index (χ4n) is 3.22. The van der Waals surface area contributed by atoms with Crippen LogP contribution in [0.2, 0.25) is 0 Å². The van der Waals surface area contributed by atoms with E-state index in [1.165, 1.54) is 11.1 Å². The van der Waals surface area contributed by atoms with Crippen molar-refractivity contribution in [2.75, 3.05) is 7.11 Å². The lowest BCUT2D eigenvalue weighted by Gasteiger charge is -2.15. The topological polar surface area (TPSA) is 31.4 Å². The van der Waals surface area contributed by atoms with Crippen LogP contribution in [-0.4, -0.2) is 12.1 Å². The molecule has 0 unspecified atom stereocenters. The van der Waals surface area contributed by atoms with Crippen molar-refractivity contribution in [2.45, 2.75) is 33.3 Å². The number of nitrogens with zero attached hydrogens (tertiary/aromatic N) is 1. The van der Waals surface area contributed by atoms with Crippen LogP contribution < -0.4 is 9.47 Å². The first kappa shape index (κ1) is 19.8. The van der Waals surface area contributed by atoms with E-state index in [0.29, 0.717) is 11.3 Å². The summed E-state index contributed by atoms with van der Waals surface area (Å²) in [6, 6.07) is 11.3. The molecule has 5 heteroatoms. The highest BCUT2D eigenvalue weighted by atomic mass is 19.1. The molecule has 0 radical (unpaired) electrons. The van der Waals surface area contributed by atoms with E-state index < -0.39 is 11.6 Å². The van der Waals surface area contributed by atoms with Crippen molar-refractivity contribution < 1.29 is 18.3 Å². The third-order valence-corrected chi connectivity index (χ3v) is 4.70. The number of methoxy groups -OCH3 is 1. The molecule has 0 aliphatic carbocycles. The molecule has 0 aliphatic heterocycles. The molecule has 0 spiro atoms. The SMILES string of the molecule is CCc1cccc(CC)c1-c1cc(OC)c(COc2cc(F)ccc2F)cn1. The Morgan fingerprint density at radius 3 is 2.25 bits per heavy atom. The minimum absolute atomic E-state index is 0.0207. The Morgan fingerprint density at radius 2 is 1.61 bits per heavy atom. The largest absolute Gasteiger partial charge is 0.496 e. The van der Waals surface area contributed by atoms with Crippen molar-refractivity contribution in [1.29, 1.82) is 0 Å². The number of halogens is 2. The van der Waals surface area contributed by atoms with Gasteiger partial charge in [0.05, 0.1) is 12.8 Å². The molecule has 0 fully saturated rings. The van der Waals surface area contributed by atoms with Crippen LogP contribution in [0.25, 0.3) is 11.3 Å². The highest BCUT2D eigenvalue weighted by Crippen LogP contribution is 2.31. The number of ether oxygens (including phenoxy) is 2. The Labute approximate surface area is 164 Å². The van der Waals surface area contributed by atoms with Crippen LogP contribution in [0.5, 0.6) is 11.5 Å². The zero-order valence-corrected chi connectivity index (χ0v) is 16.3. The second-order valence-electron chi connectivity index (χ2n) is 6.40. The maximum atomic E-state index is 13.8. The monoisotopic (exact) mass is 383 g/mol. The van der Waals surface area contributed by atoms with E-state index in [1.807, 2.05) is 6.07 Å². The normalized spacial score (nSPS) is 10.8. The summed E-state index contributed by atoms with van der Waals surface area (Å²) < 4.78 is 38.0. The Morgan fingerprint density at radius 1 is 0.893 bits per heavy atom. The quantitative estimate of drug-likeness (QED) is 0.521. The number of hydrogen-bond acceptors (Lipinski definition) is 3. The summed E-state index contributed by atoms with van der Waals surface area (Å²) in [5.74, 6) is -0.722. The first-order valence-electron chi connectivity index (χ1n) is 9.29. The lowest BCUT2D eigenvalue weighted by Crippen LogP contribution is -2.03. The first-order chi connectivity index (χ1) is 13.6. The van der Waals surface area contributed by atoms with Gasteiger partial charge in [-0.2, -0.15) is 0 Å². The van der Waals surface area contributed by atoms with Gasteiger partial charge in [-0.1, -0.05) is 32.0 Å². The maximum Gasteiger partial charge on any atom is 0.165 e. The van der Waals surface area contributed by atoms with Crippen LogP contribution in [0, 0.1) is 11.6 Å². The molecule has 1 aromatic heterocycles. The van der Waals surface area contributed by atoms with Gasteiger partial charge < -0.3 is 9.47 Å².